The molecule has 2 aromatic rings. The van der Waals surface area contributed by atoms with Crippen LogP contribution in [0.15, 0.2) is 42.5 Å². The van der Waals surface area contributed by atoms with Gasteiger partial charge >= 0.3 is 0 Å². The van der Waals surface area contributed by atoms with Crippen molar-refractivity contribution in [3.05, 3.63) is 69.2 Å². The Hall–Kier alpha value is -1.69. The summed E-state index contributed by atoms with van der Waals surface area (Å²) in [6, 6.07) is 12.8. The predicted octanol–water partition coefficient (Wildman–Crippen LogP) is 5.09. The van der Waals surface area contributed by atoms with Crippen molar-refractivity contribution in [3.63, 3.8) is 0 Å². The molecule has 1 N–H and O–H groups in total. The van der Waals surface area contributed by atoms with E-state index in [9.17, 15) is 9.59 Å². The van der Waals surface area contributed by atoms with E-state index in [2.05, 4.69) is 29.6 Å². The number of hydrogen-bond donors (Lipinski definition) is 1. The average Bonchev–Trinajstić information content (AvgIpc) is 2.69. The van der Waals surface area contributed by atoms with Gasteiger partial charge < -0.3 is 10.2 Å². The maximum atomic E-state index is 13.0. The summed E-state index contributed by atoms with van der Waals surface area (Å²) in [4.78, 5) is 26.9. The first-order valence-corrected chi connectivity index (χ1v) is 11.4. The van der Waals surface area contributed by atoms with Gasteiger partial charge in [0.25, 0.3) is 0 Å². The Morgan fingerprint density at radius 1 is 1.10 bits per heavy atom. The Bertz CT molecular complexity index is 823. The lowest BCUT2D eigenvalue weighted by Gasteiger charge is -2.29. The molecular weight excluding hydrogens is 427 g/mol. The third-order valence-corrected chi connectivity index (χ3v) is 6.22. The molecule has 0 fully saturated rings. The van der Waals surface area contributed by atoms with Crippen LogP contribution in [0.3, 0.4) is 0 Å². The fraction of sp³-hybridized carbons (Fsp3) is 0.364. The maximum Gasteiger partial charge on any atom is 0.242 e. The molecule has 0 aliphatic carbocycles. The Morgan fingerprint density at radius 2 is 1.72 bits per heavy atom. The van der Waals surface area contributed by atoms with Gasteiger partial charge in [0.1, 0.15) is 6.04 Å². The Labute approximate surface area is 187 Å². The fourth-order valence-electron chi connectivity index (χ4n) is 2.78. The number of halogens is 2. The number of carbonyl (C=O) groups excluding carboxylic acids is 2. The predicted molar refractivity (Wildman–Crippen MR) is 122 cm³/mol. The van der Waals surface area contributed by atoms with E-state index in [1.807, 2.05) is 13.8 Å². The summed E-state index contributed by atoms with van der Waals surface area (Å²) in [6.45, 7) is 6.29. The molecule has 2 rings (SSSR count). The van der Waals surface area contributed by atoms with Crippen molar-refractivity contribution in [2.24, 2.45) is 0 Å². The summed E-state index contributed by atoms with van der Waals surface area (Å²) in [5, 5.41) is 3.73. The van der Waals surface area contributed by atoms with Crippen LogP contribution >= 0.6 is 35.0 Å². The molecule has 2 amide bonds. The monoisotopic (exact) mass is 452 g/mol. The van der Waals surface area contributed by atoms with Gasteiger partial charge in [0, 0.05) is 34.5 Å². The number of hydrogen-bond acceptors (Lipinski definition) is 3. The smallest absolute Gasteiger partial charge is 0.242 e. The standard InChI is InChI=1S/C22H26Cl2N2O2S/c1-4-25-22(28)16(3)26(12-18-19(23)6-5-7-20(18)24)21(27)14-29-13-17-10-8-15(2)9-11-17/h5-11,16H,4,12-14H2,1-3H3,(H,25,28)/t16-/m0/s1. The van der Waals surface area contributed by atoms with Gasteiger partial charge in [-0.2, -0.15) is 0 Å². The molecule has 0 aromatic heterocycles. The molecule has 0 saturated heterocycles. The molecule has 2 aromatic carbocycles. The summed E-state index contributed by atoms with van der Waals surface area (Å²) >= 11 is 14.1. The maximum absolute atomic E-state index is 13.0. The van der Waals surface area contributed by atoms with Crippen molar-refractivity contribution >= 4 is 46.8 Å². The normalized spacial score (nSPS) is 11.8. The molecule has 0 heterocycles. The second-order valence-corrected chi connectivity index (χ2v) is 8.57. The topological polar surface area (TPSA) is 49.4 Å². The molecule has 0 aliphatic heterocycles. The first-order valence-electron chi connectivity index (χ1n) is 9.46. The van der Waals surface area contributed by atoms with Crippen molar-refractivity contribution in [3.8, 4) is 0 Å². The first-order chi connectivity index (χ1) is 13.8. The van der Waals surface area contributed by atoms with Crippen LogP contribution in [-0.4, -0.2) is 35.1 Å². The molecule has 1 atom stereocenters. The van der Waals surface area contributed by atoms with Crippen LogP contribution in [0.25, 0.3) is 0 Å². The van der Waals surface area contributed by atoms with E-state index in [4.69, 9.17) is 23.2 Å². The Kier molecular flexibility index (Phi) is 9.34. The van der Waals surface area contributed by atoms with E-state index >= 15 is 0 Å². The van der Waals surface area contributed by atoms with Crippen molar-refractivity contribution < 1.29 is 9.59 Å². The molecule has 0 spiro atoms. The quantitative estimate of drug-likeness (QED) is 0.576. The Balaban J connectivity index is 2.11. The van der Waals surface area contributed by atoms with Crippen molar-refractivity contribution in [2.75, 3.05) is 12.3 Å². The number of nitrogens with one attached hydrogen (secondary N) is 1. The van der Waals surface area contributed by atoms with E-state index in [1.165, 1.54) is 17.3 Å². The highest BCUT2D eigenvalue weighted by Crippen LogP contribution is 2.27. The highest BCUT2D eigenvalue weighted by atomic mass is 35.5. The zero-order chi connectivity index (χ0) is 21.4. The largest absolute Gasteiger partial charge is 0.355 e. The number of thioether (sulfide) groups is 1. The summed E-state index contributed by atoms with van der Waals surface area (Å²) in [5.74, 6) is 0.659. The molecule has 156 valence electrons. The molecule has 0 bridgehead atoms. The number of amides is 2. The number of nitrogens with zero attached hydrogens (tertiary/aromatic N) is 1. The van der Waals surface area contributed by atoms with Crippen LogP contribution < -0.4 is 5.32 Å². The van der Waals surface area contributed by atoms with Gasteiger partial charge in [0.05, 0.1) is 5.75 Å². The zero-order valence-electron chi connectivity index (χ0n) is 16.9. The van der Waals surface area contributed by atoms with Crippen molar-refractivity contribution in [1.29, 1.82) is 0 Å². The van der Waals surface area contributed by atoms with Gasteiger partial charge in [0.15, 0.2) is 0 Å². The minimum absolute atomic E-state index is 0.128. The number of benzene rings is 2. The third-order valence-electron chi connectivity index (χ3n) is 4.52. The SMILES string of the molecule is CCNC(=O)[C@H](C)N(Cc1c(Cl)cccc1Cl)C(=O)CSCc1ccc(C)cc1. The van der Waals surface area contributed by atoms with Gasteiger partial charge in [-0.15, -0.1) is 11.8 Å². The molecule has 4 nitrogen and oxygen atoms in total. The number of aryl methyl sites for hydroxylation is 1. The average molecular weight is 453 g/mol. The molecule has 7 heteroatoms. The van der Waals surface area contributed by atoms with Crippen LogP contribution in [0.1, 0.15) is 30.5 Å². The van der Waals surface area contributed by atoms with E-state index < -0.39 is 6.04 Å². The van der Waals surface area contributed by atoms with Crippen LogP contribution in [0.2, 0.25) is 10.0 Å². The van der Waals surface area contributed by atoms with E-state index in [0.717, 1.165) is 11.3 Å². The molecule has 0 aliphatic rings. The summed E-state index contributed by atoms with van der Waals surface area (Å²) in [6.07, 6.45) is 0. The highest BCUT2D eigenvalue weighted by molar-refractivity contribution is 7.99. The van der Waals surface area contributed by atoms with Gasteiger partial charge in [0.2, 0.25) is 11.8 Å². The van der Waals surface area contributed by atoms with Crippen LogP contribution in [0, 0.1) is 6.92 Å². The van der Waals surface area contributed by atoms with Crippen LogP contribution in [-0.2, 0) is 21.9 Å². The lowest BCUT2D eigenvalue weighted by atomic mass is 10.1. The summed E-state index contributed by atoms with van der Waals surface area (Å²) in [5.41, 5.74) is 3.00. The lowest BCUT2D eigenvalue weighted by molar-refractivity contribution is -0.138. The van der Waals surface area contributed by atoms with Crippen LogP contribution in [0.5, 0.6) is 0 Å². The van der Waals surface area contributed by atoms with E-state index in [0.29, 0.717) is 22.2 Å². The van der Waals surface area contributed by atoms with E-state index in [-0.39, 0.29) is 24.1 Å². The third kappa shape index (κ3) is 6.95. The zero-order valence-corrected chi connectivity index (χ0v) is 19.2. The van der Waals surface area contributed by atoms with Crippen molar-refractivity contribution in [1.82, 2.24) is 10.2 Å². The fourth-order valence-corrected chi connectivity index (χ4v) is 4.17. The lowest BCUT2D eigenvalue weighted by Crippen LogP contribution is -2.48. The van der Waals surface area contributed by atoms with Gasteiger partial charge in [-0.3, -0.25) is 9.59 Å². The molecule has 0 saturated carbocycles. The minimum Gasteiger partial charge on any atom is -0.355 e. The summed E-state index contributed by atoms with van der Waals surface area (Å²) in [7, 11) is 0. The molecule has 29 heavy (non-hydrogen) atoms. The van der Waals surface area contributed by atoms with Gasteiger partial charge in [-0.05, 0) is 38.5 Å². The van der Waals surface area contributed by atoms with Gasteiger partial charge in [-0.25, -0.2) is 0 Å². The Morgan fingerprint density at radius 3 is 2.31 bits per heavy atom. The second kappa shape index (κ2) is 11.5. The first kappa shape index (κ1) is 23.6. The summed E-state index contributed by atoms with van der Waals surface area (Å²) < 4.78 is 0. The molecule has 0 radical (unpaired) electrons. The second-order valence-electron chi connectivity index (χ2n) is 6.77. The van der Waals surface area contributed by atoms with Gasteiger partial charge in [-0.1, -0.05) is 59.1 Å². The minimum atomic E-state index is -0.630. The highest BCUT2D eigenvalue weighted by Gasteiger charge is 2.27. The number of rotatable bonds is 9. The van der Waals surface area contributed by atoms with E-state index in [1.54, 1.807) is 30.0 Å². The number of likely N-dealkylation sites (N-methyl/N-ethyl adjacent to an activating group) is 1. The van der Waals surface area contributed by atoms with Crippen LogP contribution in [0.4, 0.5) is 0 Å². The molecule has 0 unspecified atom stereocenters. The number of carbonyl (C=O) groups is 2. The molecular formula is C22H26Cl2N2O2S. The van der Waals surface area contributed by atoms with Crippen molar-refractivity contribution in [2.45, 2.75) is 39.1 Å².